The molecule has 0 N–H and O–H groups in total. The predicted molar refractivity (Wildman–Crippen MR) is 129 cm³/mol. The third-order valence-corrected chi connectivity index (χ3v) is 6.22. The third kappa shape index (κ3) is 6.60. The van der Waals surface area contributed by atoms with Gasteiger partial charge in [0, 0.05) is 0 Å². The lowest BCUT2D eigenvalue weighted by Crippen LogP contribution is -2.38. The minimum atomic E-state index is -0.207. The SMILES string of the molecule is I[C@@H]1O[C@H](COCc2ccccc2)[C@@H](OCc2ccccc2)[C@H]1OCc1ccccc1. The maximum Gasteiger partial charge on any atom is 0.138 e. The number of halogens is 1. The summed E-state index contributed by atoms with van der Waals surface area (Å²) in [6.45, 7) is 2.04. The molecule has 0 unspecified atom stereocenters. The molecule has 0 spiro atoms. The molecule has 0 bridgehead atoms. The van der Waals surface area contributed by atoms with Crippen LogP contribution < -0.4 is 0 Å². The Morgan fingerprint density at radius 1 is 0.613 bits per heavy atom. The Labute approximate surface area is 197 Å². The second-order valence-electron chi connectivity index (χ2n) is 7.55. The van der Waals surface area contributed by atoms with Gasteiger partial charge in [-0.15, -0.1) is 0 Å². The fourth-order valence-corrected chi connectivity index (χ4v) is 4.58. The second kappa shape index (κ2) is 11.7. The van der Waals surface area contributed by atoms with Crippen molar-refractivity contribution in [3.05, 3.63) is 108 Å². The Morgan fingerprint density at radius 2 is 1.06 bits per heavy atom. The van der Waals surface area contributed by atoms with Crippen LogP contribution >= 0.6 is 22.6 Å². The maximum atomic E-state index is 6.34. The number of rotatable bonds is 10. The molecule has 0 aliphatic carbocycles. The highest BCUT2D eigenvalue weighted by Crippen LogP contribution is 2.32. The summed E-state index contributed by atoms with van der Waals surface area (Å²) in [7, 11) is 0. The van der Waals surface area contributed by atoms with E-state index in [-0.39, 0.29) is 22.4 Å². The third-order valence-electron chi connectivity index (χ3n) is 5.22. The molecule has 4 rings (SSSR count). The zero-order valence-corrected chi connectivity index (χ0v) is 19.5. The Hall–Kier alpha value is -1.77. The van der Waals surface area contributed by atoms with Crippen molar-refractivity contribution in [3.63, 3.8) is 0 Å². The van der Waals surface area contributed by atoms with Gasteiger partial charge in [0.15, 0.2) is 0 Å². The number of ether oxygens (including phenoxy) is 4. The van der Waals surface area contributed by atoms with E-state index in [0.29, 0.717) is 26.4 Å². The van der Waals surface area contributed by atoms with Crippen LogP contribution in [0, 0.1) is 0 Å². The Kier molecular flexibility index (Phi) is 8.49. The van der Waals surface area contributed by atoms with E-state index in [2.05, 4.69) is 59.0 Å². The molecule has 1 aliphatic rings. The van der Waals surface area contributed by atoms with Gasteiger partial charge >= 0.3 is 0 Å². The minimum Gasteiger partial charge on any atom is -0.374 e. The van der Waals surface area contributed by atoms with Crippen molar-refractivity contribution in [2.45, 2.75) is 42.2 Å². The molecule has 3 aromatic carbocycles. The molecule has 4 nitrogen and oxygen atoms in total. The topological polar surface area (TPSA) is 36.9 Å². The highest BCUT2D eigenvalue weighted by atomic mass is 127. The molecular formula is C26H27IO4. The summed E-state index contributed by atoms with van der Waals surface area (Å²) in [5, 5.41) is 0. The van der Waals surface area contributed by atoms with Crippen LogP contribution in [0.15, 0.2) is 91.0 Å². The molecule has 1 aliphatic heterocycles. The number of hydrogen-bond acceptors (Lipinski definition) is 4. The first kappa shape index (κ1) is 22.4. The van der Waals surface area contributed by atoms with E-state index in [9.17, 15) is 0 Å². The van der Waals surface area contributed by atoms with E-state index in [4.69, 9.17) is 18.9 Å². The monoisotopic (exact) mass is 530 g/mol. The minimum absolute atomic E-state index is 0.104. The van der Waals surface area contributed by atoms with Crippen molar-refractivity contribution in [2.75, 3.05) is 6.61 Å². The van der Waals surface area contributed by atoms with Crippen molar-refractivity contribution < 1.29 is 18.9 Å². The molecule has 1 heterocycles. The zero-order valence-electron chi connectivity index (χ0n) is 17.3. The molecule has 4 atom stereocenters. The fourth-order valence-electron chi connectivity index (χ4n) is 3.59. The van der Waals surface area contributed by atoms with Crippen molar-refractivity contribution in [3.8, 4) is 0 Å². The first-order chi connectivity index (χ1) is 15.3. The summed E-state index contributed by atoms with van der Waals surface area (Å²) in [6.07, 6.45) is -0.563. The summed E-state index contributed by atoms with van der Waals surface area (Å²) in [6, 6.07) is 30.5. The zero-order chi connectivity index (χ0) is 21.3. The van der Waals surface area contributed by atoms with Crippen LogP contribution in [0.2, 0.25) is 0 Å². The highest BCUT2D eigenvalue weighted by molar-refractivity contribution is 14.1. The molecule has 1 saturated heterocycles. The van der Waals surface area contributed by atoms with Crippen molar-refractivity contribution in [1.82, 2.24) is 0 Å². The highest BCUT2D eigenvalue weighted by Gasteiger charge is 2.45. The average molecular weight is 530 g/mol. The number of alkyl halides is 1. The molecule has 0 amide bonds. The van der Waals surface area contributed by atoms with Gasteiger partial charge in [-0.1, -0.05) is 91.0 Å². The molecule has 162 valence electrons. The molecule has 3 aromatic rings. The van der Waals surface area contributed by atoms with E-state index >= 15 is 0 Å². The smallest absolute Gasteiger partial charge is 0.138 e. The summed E-state index contributed by atoms with van der Waals surface area (Å²) < 4.78 is 24.7. The number of hydrogen-bond donors (Lipinski definition) is 0. The average Bonchev–Trinajstić information content (AvgIpc) is 3.12. The van der Waals surface area contributed by atoms with Crippen LogP contribution in [0.3, 0.4) is 0 Å². The first-order valence-electron chi connectivity index (χ1n) is 10.5. The normalized spacial score (nSPS) is 23.1. The molecule has 1 fully saturated rings. The van der Waals surface area contributed by atoms with E-state index in [0.717, 1.165) is 16.7 Å². The molecule has 0 aromatic heterocycles. The van der Waals surface area contributed by atoms with Gasteiger partial charge < -0.3 is 18.9 Å². The summed E-state index contributed by atoms with van der Waals surface area (Å²) in [5.74, 6) is 0. The lowest BCUT2D eigenvalue weighted by molar-refractivity contribution is -0.0895. The standard InChI is InChI=1S/C26H27IO4/c27-26-25(30-18-22-14-8-3-9-15-22)24(29-17-21-12-6-2-7-13-21)23(31-26)19-28-16-20-10-4-1-5-11-20/h1-15,23-26H,16-19H2/t23-,24-,25-,26-/m1/s1. The van der Waals surface area contributed by atoms with Gasteiger partial charge in [0.25, 0.3) is 0 Å². The molecule has 31 heavy (non-hydrogen) atoms. The second-order valence-corrected chi connectivity index (χ2v) is 8.78. The van der Waals surface area contributed by atoms with Crippen LogP contribution in [0.4, 0.5) is 0 Å². The van der Waals surface area contributed by atoms with Gasteiger partial charge in [-0.05, 0) is 39.3 Å². The van der Waals surface area contributed by atoms with E-state index < -0.39 is 0 Å². The van der Waals surface area contributed by atoms with Crippen molar-refractivity contribution in [2.24, 2.45) is 0 Å². The Morgan fingerprint density at radius 3 is 1.58 bits per heavy atom. The van der Waals surface area contributed by atoms with Crippen LogP contribution in [0.25, 0.3) is 0 Å². The Balaban J connectivity index is 1.39. The van der Waals surface area contributed by atoms with E-state index in [1.54, 1.807) is 0 Å². The van der Waals surface area contributed by atoms with Gasteiger partial charge in [-0.2, -0.15) is 0 Å². The lowest BCUT2D eigenvalue weighted by atomic mass is 10.1. The molecular weight excluding hydrogens is 503 g/mol. The summed E-state index contributed by atoms with van der Waals surface area (Å²) in [5.41, 5.74) is 3.41. The lowest BCUT2D eigenvalue weighted by Gasteiger charge is -2.24. The Bertz CT molecular complexity index is 891. The van der Waals surface area contributed by atoms with Crippen LogP contribution in [-0.2, 0) is 38.8 Å². The largest absolute Gasteiger partial charge is 0.374 e. The molecule has 0 radical (unpaired) electrons. The van der Waals surface area contributed by atoms with Gasteiger partial charge in [0.1, 0.15) is 22.4 Å². The fraction of sp³-hybridized carbons (Fsp3) is 0.308. The number of benzene rings is 3. The van der Waals surface area contributed by atoms with Gasteiger partial charge in [0.05, 0.1) is 26.4 Å². The van der Waals surface area contributed by atoms with Crippen LogP contribution in [0.1, 0.15) is 16.7 Å². The summed E-state index contributed by atoms with van der Waals surface area (Å²) >= 11 is 2.30. The van der Waals surface area contributed by atoms with Crippen LogP contribution in [-0.4, -0.2) is 29.0 Å². The molecule has 0 saturated carbocycles. The predicted octanol–water partition coefficient (Wildman–Crippen LogP) is 5.53. The van der Waals surface area contributed by atoms with Crippen molar-refractivity contribution >= 4 is 22.6 Å². The van der Waals surface area contributed by atoms with Gasteiger partial charge in [-0.25, -0.2) is 0 Å². The first-order valence-corrected chi connectivity index (χ1v) is 11.8. The van der Waals surface area contributed by atoms with E-state index in [1.165, 1.54) is 0 Å². The van der Waals surface area contributed by atoms with Crippen LogP contribution in [0.5, 0.6) is 0 Å². The molecule has 5 heteroatoms. The van der Waals surface area contributed by atoms with Gasteiger partial charge in [-0.3, -0.25) is 0 Å². The quantitative estimate of drug-likeness (QED) is 0.255. The maximum absolute atomic E-state index is 6.34. The van der Waals surface area contributed by atoms with Crippen molar-refractivity contribution in [1.29, 1.82) is 0 Å². The van der Waals surface area contributed by atoms with Gasteiger partial charge in [0.2, 0.25) is 0 Å². The van der Waals surface area contributed by atoms with E-state index in [1.807, 2.05) is 54.6 Å². The summed E-state index contributed by atoms with van der Waals surface area (Å²) in [4.78, 5) is 0.